The first-order valence-electron chi connectivity index (χ1n) is 6.10. The van der Waals surface area contributed by atoms with Crippen molar-refractivity contribution in [2.75, 3.05) is 31.1 Å². The van der Waals surface area contributed by atoms with Crippen molar-refractivity contribution in [3.05, 3.63) is 29.3 Å². The number of benzene rings is 1. The number of anilines is 1. The zero-order valence-corrected chi connectivity index (χ0v) is 9.68. The zero-order valence-electron chi connectivity index (χ0n) is 9.68. The SMILES string of the molecule is FC1(F)Cc2cccc(N3CCNCC3)c2C1. The normalized spacial score (nSPS) is 22.6. The molecule has 1 aromatic rings. The first kappa shape index (κ1) is 11.0. The van der Waals surface area contributed by atoms with Crippen LogP contribution in [-0.2, 0) is 12.8 Å². The fraction of sp³-hybridized carbons (Fsp3) is 0.538. The Morgan fingerprint density at radius 2 is 1.88 bits per heavy atom. The van der Waals surface area contributed by atoms with Gasteiger partial charge in [-0.1, -0.05) is 12.1 Å². The second kappa shape index (κ2) is 3.95. The van der Waals surface area contributed by atoms with Gasteiger partial charge in [0, 0.05) is 44.7 Å². The molecule has 1 N–H and O–H groups in total. The standard InChI is InChI=1S/C13H16F2N2/c14-13(15)8-10-2-1-3-12(11(10)9-13)17-6-4-16-5-7-17/h1-3,16H,4-9H2. The number of nitrogens with one attached hydrogen (secondary N) is 1. The van der Waals surface area contributed by atoms with Crippen LogP contribution >= 0.6 is 0 Å². The summed E-state index contributed by atoms with van der Waals surface area (Å²) in [5, 5.41) is 3.28. The van der Waals surface area contributed by atoms with E-state index in [9.17, 15) is 8.78 Å². The number of hydrogen-bond donors (Lipinski definition) is 1. The van der Waals surface area contributed by atoms with Gasteiger partial charge in [0.1, 0.15) is 0 Å². The minimum absolute atomic E-state index is 0.0948. The van der Waals surface area contributed by atoms with Gasteiger partial charge in [-0.05, 0) is 17.2 Å². The number of hydrogen-bond acceptors (Lipinski definition) is 2. The molecule has 3 rings (SSSR count). The van der Waals surface area contributed by atoms with Gasteiger partial charge in [-0.25, -0.2) is 8.78 Å². The maximum Gasteiger partial charge on any atom is 0.256 e. The summed E-state index contributed by atoms with van der Waals surface area (Å²) in [6.07, 6.45) is -0.190. The van der Waals surface area contributed by atoms with Gasteiger partial charge in [0.15, 0.2) is 0 Å². The zero-order chi connectivity index (χ0) is 11.9. The van der Waals surface area contributed by atoms with Gasteiger partial charge in [0.25, 0.3) is 5.92 Å². The van der Waals surface area contributed by atoms with Gasteiger partial charge in [-0.15, -0.1) is 0 Å². The van der Waals surface area contributed by atoms with Crippen LogP contribution in [0.5, 0.6) is 0 Å². The molecule has 1 fully saturated rings. The lowest BCUT2D eigenvalue weighted by Crippen LogP contribution is -2.43. The largest absolute Gasteiger partial charge is 0.369 e. The highest BCUT2D eigenvalue weighted by molar-refractivity contribution is 5.59. The lowest BCUT2D eigenvalue weighted by molar-refractivity contribution is 0.0131. The molecular formula is C13H16F2N2. The molecule has 1 saturated heterocycles. The van der Waals surface area contributed by atoms with Crippen molar-refractivity contribution in [3.8, 4) is 0 Å². The Hall–Kier alpha value is -1.16. The number of rotatable bonds is 1. The van der Waals surface area contributed by atoms with Crippen LogP contribution < -0.4 is 10.2 Å². The minimum Gasteiger partial charge on any atom is -0.369 e. The van der Waals surface area contributed by atoms with Crippen LogP contribution in [0.3, 0.4) is 0 Å². The molecule has 1 aliphatic carbocycles. The second-order valence-corrected chi connectivity index (χ2v) is 4.86. The van der Waals surface area contributed by atoms with Crippen molar-refractivity contribution in [2.45, 2.75) is 18.8 Å². The van der Waals surface area contributed by atoms with Crippen LogP contribution in [-0.4, -0.2) is 32.1 Å². The lowest BCUT2D eigenvalue weighted by atomic mass is 10.1. The summed E-state index contributed by atoms with van der Waals surface area (Å²) in [4.78, 5) is 2.22. The fourth-order valence-corrected chi connectivity index (χ4v) is 2.79. The summed E-state index contributed by atoms with van der Waals surface area (Å²) in [6, 6.07) is 5.71. The van der Waals surface area contributed by atoms with Crippen LogP contribution in [0.25, 0.3) is 0 Å². The summed E-state index contributed by atoms with van der Waals surface area (Å²) in [5.74, 6) is -2.55. The molecule has 0 amide bonds. The summed E-state index contributed by atoms with van der Waals surface area (Å²) < 4.78 is 26.9. The second-order valence-electron chi connectivity index (χ2n) is 4.86. The molecule has 1 aliphatic heterocycles. The average Bonchev–Trinajstić information content (AvgIpc) is 2.63. The fourth-order valence-electron chi connectivity index (χ4n) is 2.79. The Bertz CT molecular complexity index is 425. The molecule has 92 valence electrons. The Morgan fingerprint density at radius 1 is 1.12 bits per heavy atom. The predicted octanol–water partition coefficient (Wildman–Crippen LogP) is 1.83. The van der Waals surface area contributed by atoms with Crippen LogP contribution in [0, 0.1) is 0 Å². The Labute approximate surface area is 99.6 Å². The summed E-state index contributed by atoms with van der Waals surface area (Å²) >= 11 is 0. The van der Waals surface area contributed by atoms with E-state index in [1.807, 2.05) is 18.2 Å². The molecule has 0 radical (unpaired) electrons. The molecule has 1 aromatic carbocycles. The van der Waals surface area contributed by atoms with Crippen LogP contribution in [0.4, 0.5) is 14.5 Å². The van der Waals surface area contributed by atoms with E-state index in [4.69, 9.17) is 0 Å². The lowest BCUT2D eigenvalue weighted by Gasteiger charge is -2.31. The van der Waals surface area contributed by atoms with Crippen LogP contribution in [0.1, 0.15) is 11.1 Å². The van der Waals surface area contributed by atoms with E-state index in [1.54, 1.807) is 0 Å². The molecule has 2 nitrogen and oxygen atoms in total. The molecular weight excluding hydrogens is 222 g/mol. The van der Waals surface area contributed by atoms with Crippen molar-refractivity contribution >= 4 is 5.69 Å². The summed E-state index contributed by atoms with van der Waals surface area (Å²) in [6.45, 7) is 3.67. The van der Waals surface area contributed by atoms with Crippen LogP contribution in [0.15, 0.2) is 18.2 Å². The minimum atomic E-state index is -2.55. The van der Waals surface area contributed by atoms with E-state index in [0.29, 0.717) is 0 Å². The first-order valence-corrected chi connectivity index (χ1v) is 6.10. The van der Waals surface area contributed by atoms with E-state index < -0.39 is 5.92 Å². The third-order valence-corrected chi connectivity index (χ3v) is 3.59. The van der Waals surface area contributed by atoms with E-state index in [1.165, 1.54) is 0 Å². The highest BCUT2D eigenvalue weighted by atomic mass is 19.3. The highest BCUT2D eigenvalue weighted by Gasteiger charge is 2.39. The van der Waals surface area contributed by atoms with Gasteiger partial charge in [0.2, 0.25) is 0 Å². The van der Waals surface area contributed by atoms with Crippen molar-refractivity contribution in [1.29, 1.82) is 0 Å². The third-order valence-electron chi connectivity index (χ3n) is 3.59. The number of nitrogens with zero attached hydrogens (tertiary/aromatic N) is 1. The summed E-state index contributed by atoms with van der Waals surface area (Å²) in [5.41, 5.74) is 2.70. The molecule has 2 aliphatic rings. The molecule has 0 unspecified atom stereocenters. The molecule has 17 heavy (non-hydrogen) atoms. The summed E-state index contributed by atoms with van der Waals surface area (Å²) in [7, 11) is 0. The van der Waals surface area contributed by atoms with E-state index in [2.05, 4.69) is 10.2 Å². The van der Waals surface area contributed by atoms with Crippen LogP contribution in [0.2, 0.25) is 0 Å². The highest BCUT2D eigenvalue weighted by Crippen LogP contribution is 2.39. The maximum absolute atomic E-state index is 13.5. The van der Waals surface area contributed by atoms with Crippen molar-refractivity contribution in [2.24, 2.45) is 0 Å². The molecule has 0 saturated carbocycles. The Balaban J connectivity index is 1.94. The van der Waals surface area contributed by atoms with E-state index in [0.717, 1.165) is 43.0 Å². The monoisotopic (exact) mass is 238 g/mol. The maximum atomic E-state index is 13.5. The Morgan fingerprint density at radius 3 is 2.65 bits per heavy atom. The van der Waals surface area contributed by atoms with Gasteiger partial charge in [-0.3, -0.25) is 0 Å². The molecule has 1 heterocycles. The quantitative estimate of drug-likeness (QED) is 0.803. The van der Waals surface area contributed by atoms with Crippen molar-refractivity contribution in [1.82, 2.24) is 5.32 Å². The first-order chi connectivity index (χ1) is 8.16. The topological polar surface area (TPSA) is 15.3 Å². The Kier molecular flexibility index (Phi) is 2.54. The molecule has 0 bridgehead atoms. The third kappa shape index (κ3) is 2.02. The smallest absolute Gasteiger partial charge is 0.256 e. The van der Waals surface area contributed by atoms with Gasteiger partial charge >= 0.3 is 0 Å². The molecule has 0 aromatic heterocycles. The van der Waals surface area contributed by atoms with Gasteiger partial charge < -0.3 is 10.2 Å². The molecule has 4 heteroatoms. The number of halogens is 2. The molecule has 0 spiro atoms. The van der Waals surface area contributed by atoms with Gasteiger partial charge in [-0.2, -0.15) is 0 Å². The van der Waals surface area contributed by atoms with Crippen molar-refractivity contribution < 1.29 is 8.78 Å². The van der Waals surface area contributed by atoms with E-state index >= 15 is 0 Å². The van der Waals surface area contributed by atoms with Gasteiger partial charge in [0.05, 0.1) is 0 Å². The number of fused-ring (bicyclic) bond motifs is 1. The average molecular weight is 238 g/mol. The number of alkyl halides is 2. The predicted molar refractivity (Wildman–Crippen MR) is 63.9 cm³/mol. The van der Waals surface area contributed by atoms with Crippen molar-refractivity contribution in [3.63, 3.8) is 0 Å². The van der Waals surface area contributed by atoms with E-state index in [-0.39, 0.29) is 12.8 Å². The number of piperazine rings is 1. The molecule has 0 atom stereocenters.